The number of aromatic amines is 1. The molecular weight excluding hydrogens is 402 g/mol. The van der Waals surface area contributed by atoms with Crippen LogP contribution in [0, 0.1) is 0 Å². The third kappa shape index (κ3) is 3.88. The monoisotopic (exact) mass is 423 g/mol. The van der Waals surface area contributed by atoms with Crippen molar-refractivity contribution in [1.29, 1.82) is 0 Å². The van der Waals surface area contributed by atoms with Crippen LogP contribution in [0.1, 0.15) is 21.6 Å². The number of carbonyl (C=O) groups is 2. The van der Waals surface area contributed by atoms with Gasteiger partial charge in [-0.3, -0.25) is 19.6 Å². The van der Waals surface area contributed by atoms with Crippen LogP contribution in [0.3, 0.4) is 0 Å². The van der Waals surface area contributed by atoms with Crippen molar-refractivity contribution in [2.45, 2.75) is 13.0 Å². The molecule has 3 aromatic heterocycles. The number of ketones is 1. The molecule has 1 amide bonds. The quantitative estimate of drug-likeness (QED) is 0.507. The summed E-state index contributed by atoms with van der Waals surface area (Å²) in [6, 6.07) is 17.2. The van der Waals surface area contributed by atoms with Gasteiger partial charge in [0.15, 0.2) is 5.78 Å². The number of H-pyrrole nitrogens is 1. The molecule has 4 aromatic rings. The number of hydrogen-bond acceptors (Lipinski definition) is 5. The second-order valence-electron chi connectivity index (χ2n) is 7.67. The molecule has 158 valence electrons. The fourth-order valence-corrected chi connectivity index (χ4v) is 3.97. The third-order valence-electron chi connectivity index (χ3n) is 5.48. The highest BCUT2D eigenvalue weighted by Crippen LogP contribution is 2.37. The molecule has 5 rings (SSSR count). The number of para-hydroxylation sites is 1. The summed E-state index contributed by atoms with van der Waals surface area (Å²) in [5, 5.41) is 3.41. The molecule has 0 saturated carbocycles. The molecule has 0 unspecified atom stereocenters. The van der Waals surface area contributed by atoms with Crippen molar-refractivity contribution in [1.82, 2.24) is 19.9 Å². The van der Waals surface area contributed by atoms with Crippen molar-refractivity contribution in [2.24, 2.45) is 0 Å². The summed E-state index contributed by atoms with van der Waals surface area (Å²) in [6.07, 6.45) is 6.99. The number of fused-ring (bicyclic) bond motifs is 1. The molecule has 0 radical (unpaired) electrons. The van der Waals surface area contributed by atoms with Gasteiger partial charge in [-0.15, -0.1) is 0 Å². The largest absolute Gasteiger partial charge is 0.355 e. The first-order valence-corrected chi connectivity index (χ1v) is 10.4. The number of pyridine rings is 2. The second kappa shape index (κ2) is 8.47. The first-order chi connectivity index (χ1) is 15.7. The van der Waals surface area contributed by atoms with Crippen LogP contribution in [0.5, 0.6) is 0 Å². The lowest BCUT2D eigenvalue weighted by Gasteiger charge is -2.26. The van der Waals surface area contributed by atoms with Crippen LogP contribution >= 0.6 is 0 Å². The molecule has 0 saturated heterocycles. The van der Waals surface area contributed by atoms with E-state index in [1.807, 2.05) is 48.5 Å². The lowest BCUT2D eigenvalue weighted by molar-refractivity contribution is -0.130. The van der Waals surface area contributed by atoms with E-state index in [4.69, 9.17) is 0 Å². The highest BCUT2D eigenvalue weighted by atomic mass is 16.2. The van der Waals surface area contributed by atoms with Crippen LogP contribution in [0.25, 0.3) is 11.3 Å². The van der Waals surface area contributed by atoms with Crippen LogP contribution in [-0.2, 0) is 17.8 Å². The van der Waals surface area contributed by atoms with Crippen molar-refractivity contribution in [3.63, 3.8) is 0 Å². The zero-order valence-corrected chi connectivity index (χ0v) is 17.3. The molecule has 4 heterocycles. The third-order valence-corrected chi connectivity index (χ3v) is 5.48. The Kier molecular flexibility index (Phi) is 5.21. The van der Waals surface area contributed by atoms with Gasteiger partial charge in [0.05, 0.1) is 36.5 Å². The Balaban J connectivity index is 1.50. The normalized spacial score (nSPS) is 13.0. The number of benzene rings is 1. The lowest BCUT2D eigenvalue weighted by atomic mass is 10.0. The molecule has 1 aliphatic rings. The predicted molar refractivity (Wildman–Crippen MR) is 121 cm³/mol. The van der Waals surface area contributed by atoms with Gasteiger partial charge in [-0.05, 0) is 35.9 Å². The Morgan fingerprint density at radius 2 is 1.78 bits per heavy atom. The summed E-state index contributed by atoms with van der Waals surface area (Å²) >= 11 is 0. The van der Waals surface area contributed by atoms with Gasteiger partial charge in [0, 0.05) is 41.7 Å². The summed E-state index contributed by atoms with van der Waals surface area (Å²) in [4.78, 5) is 39.3. The van der Waals surface area contributed by atoms with Gasteiger partial charge < -0.3 is 15.2 Å². The number of anilines is 2. The van der Waals surface area contributed by atoms with E-state index < -0.39 is 0 Å². The summed E-state index contributed by atoms with van der Waals surface area (Å²) in [5.41, 5.74) is 5.47. The van der Waals surface area contributed by atoms with E-state index in [1.165, 1.54) is 0 Å². The molecule has 32 heavy (non-hydrogen) atoms. The number of rotatable bonds is 5. The Hall–Kier alpha value is -4.26. The Bertz CT molecular complexity index is 1250. The number of amides is 1. The summed E-state index contributed by atoms with van der Waals surface area (Å²) in [5.74, 6) is -0.199. The fraction of sp³-hybridized carbons (Fsp3) is 0.120. The number of Topliss-reactive ketones (excluding diaryl/α,β-unsaturated/α-hetero) is 1. The molecular formula is C25H21N5O2. The molecule has 7 nitrogen and oxygen atoms in total. The fourth-order valence-electron chi connectivity index (χ4n) is 3.97. The molecule has 1 aliphatic heterocycles. The second-order valence-corrected chi connectivity index (χ2v) is 7.67. The molecule has 0 spiro atoms. The van der Waals surface area contributed by atoms with E-state index in [9.17, 15) is 9.59 Å². The van der Waals surface area contributed by atoms with E-state index in [1.54, 1.807) is 35.8 Å². The van der Waals surface area contributed by atoms with Gasteiger partial charge in [-0.2, -0.15) is 0 Å². The van der Waals surface area contributed by atoms with Crippen molar-refractivity contribution in [3.8, 4) is 11.3 Å². The minimum absolute atomic E-state index is 0.0448. The van der Waals surface area contributed by atoms with Gasteiger partial charge >= 0.3 is 0 Å². The zero-order valence-electron chi connectivity index (χ0n) is 17.3. The summed E-state index contributed by atoms with van der Waals surface area (Å²) in [7, 11) is 0. The van der Waals surface area contributed by atoms with E-state index in [0.717, 1.165) is 33.9 Å². The van der Waals surface area contributed by atoms with Crippen LogP contribution < -0.4 is 5.32 Å². The average Bonchev–Trinajstić information content (AvgIpc) is 3.19. The predicted octanol–water partition coefficient (Wildman–Crippen LogP) is 3.98. The molecule has 7 heteroatoms. The number of carbonyl (C=O) groups excluding carboxylic acids is 2. The van der Waals surface area contributed by atoms with Crippen molar-refractivity contribution in [3.05, 3.63) is 96.2 Å². The molecule has 1 aromatic carbocycles. The van der Waals surface area contributed by atoms with Crippen LogP contribution in [0.4, 0.5) is 11.4 Å². The smallest absolute Gasteiger partial charge is 0.227 e. The molecule has 0 aliphatic carbocycles. The van der Waals surface area contributed by atoms with Crippen LogP contribution in [-0.4, -0.2) is 38.1 Å². The number of hydrogen-bond donors (Lipinski definition) is 2. The van der Waals surface area contributed by atoms with Crippen LogP contribution in [0.15, 0.2) is 79.4 Å². The standard InChI is InChI=1S/C25H21N5O2/c31-21-16-30(22(32)13-17-5-4-10-27-14-17)15-20-23(21)25(28-19-6-2-1-3-7-19)24(29-20)18-8-11-26-12-9-18/h1-12,14,28-29H,13,15-16H2. The first-order valence-electron chi connectivity index (χ1n) is 10.4. The van der Waals surface area contributed by atoms with Gasteiger partial charge in [-0.1, -0.05) is 24.3 Å². The van der Waals surface area contributed by atoms with Crippen molar-refractivity contribution in [2.75, 3.05) is 11.9 Å². The Morgan fingerprint density at radius 1 is 0.969 bits per heavy atom. The van der Waals surface area contributed by atoms with E-state index in [2.05, 4.69) is 20.3 Å². The van der Waals surface area contributed by atoms with Gasteiger partial charge in [-0.25, -0.2) is 0 Å². The number of nitrogens with one attached hydrogen (secondary N) is 2. The molecule has 2 N–H and O–H groups in total. The topological polar surface area (TPSA) is 91.0 Å². The lowest BCUT2D eigenvalue weighted by Crippen LogP contribution is -2.40. The van der Waals surface area contributed by atoms with E-state index >= 15 is 0 Å². The highest BCUT2D eigenvalue weighted by molar-refractivity contribution is 6.09. The molecule has 0 fully saturated rings. The first kappa shape index (κ1) is 19.7. The van der Waals surface area contributed by atoms with Crippen molar-refractivity contribution < 1.29 is 9.59 Å². The number of aromatic nitrogens is 3. The maximum atomic E-state index is 13.2. The van der Waals surface area contributed by atoms with Crippen LogP contribution in [0.2, 0.25) is 0 Å². The maximum Gasteiger partial charge on any atom is 0.227 e. The zero-order chi connectivity index (χ0) is 21.9. The Morgan fingerprint density at radius 3 is 2.53 bits per heavy atom. The van der Waals surface area contributed by atoms with Gasteiger partial charge in [0.2, 0.25) is 5.91 Å². The average molecular weight is 423 g/mol. The number of nitrogens with zero attached hydrogens (tertiary/aromatic N) is 3. The van der Waals surface area contributed by atoms with Gasteiger partial charge in [0.1, 0.15) is 0 Å². The van der Waals surface area contributed by atoms with E-state index in [-0.39, 0.29) is 24.7 Å². The summed E-state index contributed by atoms with van der Waals surface area (Å²) in [6.45, 7) is 0.387. The molecule has 0 bridgehead atoms. The highest BCUT2D eigenvalue weighted by Gasteiger charge is 2.32. The van der Waals surface area contributed by atoms with Gasteiger partial charge in [0.25, 0.3) is 0 Å². The minimum atomic E-state index is -0.102. The van der Waals surface area contributed by atoms with E-state index in [0.29, 0.717) is 12.1 Å². The maximum absolute atomic E-state index is 13.2. The minimum Gasteiger partial charge on any atom is -0.355 e. The summed E-state index contributed by atoms with van der Waals surface area (Å²) < 4.78 is 0. The van der Waals surface area contributed by atoms with Crippen molar-refractivity contribution >= 4 is 23.1 Å². The SMILES string of the molecule is O=C1CN(C(=O)Cc2cccnc2)Cc2[nH]c(-c3ccncc3)c(Nc3ccccc3)c21. The molecule has 0 atom stereocenters. The Labute approximate surface area is 185 Å².